The molecule has 358 valence electrons. The fourth-order valence-corrected chi connectivity index (χ4v) is 10.5. The van der Waals surface area contributed by atoms with Crippen LogP contribution in [-0.4, -0.2) is 108 Å². The summed E-state index contributed by atoms with van der Waals surface area (Å²) in [5, 5.41) is 16.8. The Morgan fingerprint density at radius 2 is 1.63 bits per heavy atom. The number of amides is 3. The van der Waals surface area contributed by atoms with E-state index < -0.39 is 23.4 Å². The monoisotopic (exact) mass is 963 g/mol. The molecule has 2 aliphatic rings. The van der Waals surface area contributed by atoms with E-state index in [2.05, 4.69) is 20.5 Å². The van der Waals surface area contributed by atoms with Gasteiger partial charge in [-0.25, -0.2) is 9.37 Å². The van der Waals surface area contributed by atoms with Gasteiger partial charge in [0.1, 0.15) is 48.4 Å². The van der Waals surface area contributed by atoms with E-state index in [9.17, 15) is 23.9 Å². The standard InChI is InChI=1S/C52H58FN5O8S2/c1-33-47(67-32-55-33)35-9-7-34(8-10-35)29-54-50(61)43-6-5-22-58(43)51(62)49(52(2,3)4)56-45(60)31-63-26-27-65-41-21-23-57(30-41)24-25-64-39-16-18-40(19-17-39)66-46-42-20-15-38(59)28-44(42)68-48(46)36-11-13-37(53)14-12-36/h7-20,28,32,41,43,49,59H,5-6,21-27,29-31H2,1-4H3,(H,54,61)(H,56,60)/t41-,43+,49-/m1/s1. The van der Waals surface area contributed by atoms with Gasteiger partial charge in [-0.3, -0.25) is 19.3 Å². The van der Waals surface area contributed by atoms with Crippen LogP contribution in [0.5, 0.6) is 23.0 Å². The SMILES string of the molecule is Cc1ncsc1-c1ccc(CNC(=O)[C@@H]2CCCN2C(=O)[C@@H](NC(=O)COCCO[C@@H]2CCN(CCOc3ccc(Oc4c(-c5ccc(F)cc5)sc5cc(O)ccc45)cc3)C2)C(C)(C)C)cc1. The molecular weight excluding hydrogens is 906 g/mol. The highest BCUT2D eigenvalue weighted by molar-refractivity contribution is 7.22. The quantitative estimate of drug-likeness (QED) is 0.0672. The Balaban J connectivity index is 0.724. The number of hydrogen-bond donors (Lipinski definition) is 3. The van der Waals surface area contributed by atoms with Crippen LogP contribution in [0.2, 0.25) is 0 Å². The van der Waals surface area contributed by atoms with Crippen molar-refractivity contribution in [2.24, 2.45) is 5.41 Å². The fourth-order valence-electron chi connectivity index (χ4n) is 8.52. The van der Waals surface area contributed by atoms with Gasteiger partial charge in [-0.15, -0.1) is 22.7 Å². The molecule has 4 aromatic carbocycles. The average Bonchev–Trinajstić information content (AvgIpc) is 4.16. The number of aromatic nitrogens is 1. The zero-order valence-corrected chi connectivity index (χ0v) is 40.4. The number of ether oxygens (including phenoxy) is 4. The maximum absolute atomic E-state index is 14.0. The number of aryl methyl sites for hydroxylation is 1. The molecule has 3 amide bonds. The Bertz CT molecular complexity index is 2670. The predicted molar refractivity (Wildman–Crippen MR) is 263 cm³/mol. The smallest absolute Gasteiger partial charge is 0.246 e. The highest BCUT2D eigenvalue weighted by Crippen LogP contribution is 2.47. The maximum Gasteiger partial charge on any atom is 0.246 e. The van der Waals surface area contributed by atoms with Crippen LogP contribution in [0.25, 0.3) is 31.0 Å². The van der Waals surface area contributed by atoms with Crippen molar-refractivity contribution in [3.63, 3.8) is 0 Å². The molecule has 2 fully saturated rings. The summed E-state index contributed by atoms with van der Waals surface area (Å²) in [7, 11) is 0. The first-order valence-electron chi connectivity index (χ1n) is 23.0. The minimum atomic E-state index is -0.841. The Morgan fingerprint density at radius 3 is 2.37 bits per heavy atom. The van der Waals surface area contributed by atoms with Crippen molar-refractivity contribution in [3.8, 4) is 43.9 Å². The van der Waals surface area contributed by atoms with Gasteiger partial charge in [-0.1, -0.05) is 57.2 Å². The Kier molecular flexibility index (Phi) is 15.7. The third-order valence-electron chi connectivity index (χ3n) is 12.2. The average molecular weight is 964 g/mol. The van der Waals surface area contributed by atoms with E-state index in [1.54, 1.807) is 40.5 Å². The number of carbonyl (C=O) groups excluding carboxylic acids is 3. The van der Waals surface area contributed by atoms with Gasteiger partial charge in [-0.05, 0) is 103 Å². The van der Waals surface area contributed by atoms with Crippen LogP contribution >= 0.6 is 22.7 Å². The summed E-state index contributed by atoms with van der Waals surface area (Å²) in [6.45, 7) is 11.6. The normalized spacial score (nSPS) is 16.8. The second kappa shape index (κ2) is 22.0. The predicted octanol–water partition coefficient (Wildman–Crippen LogP) is 8.96. The molecule has 16 heteroatoms. The molecule has 0 aliphatic carbocycles. The Labute approximate surface area is 404 Å². The van der Waals surface area contributed by atoms with Crippen molar-refractivity contribution in [2.75, 3.05) is 52.6 Å². The van der Waals surface area contributed by atoms with Crippen molar-refractivity contribution in [3.05, 3.63) is 114 Å². The lowest BCUT2D eigenvalue weighted by molar-refractivity contribution is -0.144. The molecule has 0 spiro atoms. The summed E-state index contributed by atoms with van der Waals surface area (Å²) in [6.07, 6.45) is 2.16. The highest BCUT2D eigenvalue weighted by Gasteiger charge is 2.42. The molecule has 68 heavy (non-hydrogen) atoms. The molecular formula is C52H58FN5O8S2. The summed E-state index contributed by atoms with van der Waals surface area (Å²) in [6, 6.07) is 25.4. The molecule has 2 saturated heterocycles. The number of thiazole rings is 1. The number of aromatic hydroxyl groups is 1. The van der Waals surface area contributed by atoms with Crippen LogP contribution in [0, 0.1) is 18.2 Å². The lowest BCUT2D eigenvalue weighted by Crippen LogP contribution is -2.58. The first kappa shape index (κ1) is 48.5. The second-order valence-corrected chi connectivity index (χ2v) is 20.1. The molecule has 0 unspecified atom stereocenters. The number of rotatable bonds is 19. The van der Waals surface area contributed by atoms with Gasteiger partial charge in [0, 0.05) is 42.8 Å². The first-order valence-corrected chi connectivity index (χ1v) is 24.7. The van der Waals surface area contributed by atoms with Gasteiger partial charge in [0.25, 0.3) is 0 Å². The topological polar surface area (TPSA) is 152 Å². The van der Waals surface area contributed by atoms with Crippen LogP contribution in [0.3, 0.4) is 0 Å². The summed E-state index contributed by atoms with van der Waals surface area (Å²) < 4.78 is 38.8. The minimum Gasteiger partial charge on any atom is -0.508 e. The number of fused-ring (bicyclic) bond motifs is 1. The lowest BCUT2D eigenvalue weighted by atomic mass is 9.85. The Morgan fingerprint density at radius 1 is 0.897 bits per heavy atom. The van der Waals surface area contributed by atoms with E-state index in [-0.39, 0.29) is 42.7 Å². The summed E-state index contributed by atoms with van der Waals surface area (Å²) in [5.74, 6) is 0.925. The van der Waals surface area contributed by atoms with E-state index in [1.165, 1.54) is 23.5 Å². The van der Waals surface area contributed by atoms with Gasteiger partial charge in [0.05, 0.1) is 40.3 Å². The number of likely N-dealkylation sites (tertiary alicyclic amines) is 2. The van der Waals surface area contributed by atoms with Crippen molar-refractivity contribution in [1.29, 1.82) is 0 Å². The largest absolute Gasteiger partial charge is 0.508 e. The number of phenols is 1. The molecule has 6 aromatic rings. The van der Waals surface area contributed by atoms with Crippen molar-refractivity contribution in [1.82, 2.24) is 25.4 Å². The Hall–Kier alpha value is -5.91. The first-order chi connectivity index (χ1) is 32.8. The molecule has 3 atom stereocenters. The molecule has 0 bridgehead atoms. The molecule has 3 N–H and O–H groups in total. The number of carbonyl (C=O) groups is 3. The molecule has 13 nitrogen and oxygen atoms in total. The highest BCUT2D eigenvalue weighted by atomic mass is 32.1. The van der Waals surface area contributed by atoms with Gasteiger partial charge in [0.2, 0.25) is 17.7 Å². The fraction of sp³-hybridized carbons (Fsp3) is 0.385. The number of phenolic OH excluding ortho intramolecular Hbond substituents is 1. The zero-order valence-electron chi connectivity index (χ0n) is 38.8. The number of benzene rings is 4. The number of nitrogens with one attached hydrogen (secondary N) is 2. The van der Waals surface area contributed by atoms with Crippen LogP contribution < -0.4 is 20.1 Å². The van der Waals surface area contributed by atoms with E-state index in [0.717, 1.165) is 68.3 Å². The molecule has 8 rings (SSSR count). The molecule has 0 radical (unpaired) electrons. The van der Waals surface area contributed by atoms with Gasteiger partial charge in [0.15, 0.2) is 5.75 Å². The summed E-state index contributed by atoms with van der Waals surface area (Å²) in [5.41, 5.74) is 5.07. The maximum atomic E-state index is 14.0. The number of halogens is 1. The van der Waals surface area contributed by atoms with Gasteiger partial charge >= 0.3 is 0 Å². The van der Waals surface area contributed by atoms with Gasteiger partial charge in [-0.2, -0.15) is 0 Å². The summed E-state index contributed by atoms with van der Waals surface area (Å²) in [4.78, 5) is 50.7. The van der Waals surface area contributed by atoms with E-state index in [4.69, 9.17) is 18.9 Å². The number of nitrogens with zero attached hydrogens (tertiary/aromatic N) is 3. The van der Waals surface area contributed by atoms with Crippen LogP contribution in [0.4, 0.5) is 4.39 Å². The van der Waals surface area contributed by atoms with Crippen LogP contribution in [0.15, 0.2) is 96.5 Å². The number of hydrogen-bond acceptors (Lipinski definition) is 12. The lowest BCUT2D eigenvalue weighted by Gasteiger charge is -2.35. The summed E-state index contributed by atoms with van der Waals surface area (Å²) >= 11 is 3.07. The van der Waals surface area contributed by atoms with Gasteiger partial charge < -0.3 is 39.6 Å². The van der Waals surface area contributed by atoms with E-state index in [1.807, 2.05) is 87.8 Å². The van der Waals surface area contributed by atoms with Crippen LogP contribution in [-0.2, 0) is 30.4 Å². The third-order valence-corrected chi connectivity index (χ3v) is 14.3. The third kappa shape index (κ3) is 12.2. The van der Waals surface area contributed by atoms with E-state index >= 15 is 0 Å². The second-order valence-electron chi connectivity index (χ2n) is 18.2. The zero-order chi connectivity index (χ0) is 47.8. The molecule has 2 aromatic heterocycles. The molecule has 0 saturated carbocycles. The van der Waals surface area contributed by atoms with Crippen molar-refractivity contribution >= 4 is 50.5 Å². The number of thiophene rings is 1. The van der Waals surface area contributed by atoms with Crippen molar-refractivity contribution in [2.45, 2.75) is 71.7 Å². The minimum absolute atomic E-state index is 0.0355. The van der Waals surface area contributed by atoms with Crippen molar-refractivity contribution < 1.29 is 42.8 Å². The van der Waals surface area contributed by atoms with E-state index in [0.29, 0.717) is 56.4 Å². The van der Waals surface area contributed by atoms with Crippen LogP contribution in [0.1, 0.15) is 51.3 Å². The molecule has 4 heterocycles. The molecule has 2 aliphatic heterocycles.